The van der Waals surface area contributed by atoms with Crippen LogP contribution in [0.4, 0.5) is 0 Å². The molecule has 0 bridgehead atoms. The third-order valence-electron chi connectivity index (χ3n) is 4.29. The number of fused-ring (bicyclic) bond motifs is 1. The van der Waals surface area contributed by atoms with Crippen molar-refractivity contribution in [2.45, 2.75) is 51.6 Å². The summed E-state index contributed by atoms with van der Waals surface area (Å²) in [5.74, 6) is 0.610. The lowest BCUT2D eigenvalue weighted by Crippen LogP contribution is -2.45. The Hall–Kier alpha value is -0.860. The summed E-state index contributed by atoms with van der Waals surface area (Å²) in [5, 5.41) is 14.4. The maximum Gasteiger partial charge on any atom is 0.102 e. The second-order valence-corrected chi connectivity index (χ2v) is 6.99. The van der Waals surface area contributed by atoms with Crippen LogP contribution in [0, 0.1) is 5.92 Å². The molecule has 1 aliphatic rings. The molecule has 2 nitrogen and oxygen atoms in total. The molecule has 1 atom stereocenters. The van der Waals surface area contributed by atoms with Gasteiger partial charge >= 0.3 is 0 Å². The summed E-state index contributed by atoms with van der Waals surface area (Å²) in [5.41, 5.74) is 1.87. The van der Waals surface area contributed by atoms with Gasteiger partial charge in [-0.15, -0.1) is 0 Å². The fraction of sp³-hybridized carbons (Fsp3) is 0.647. The van der Waals surface area contributed by atoms with E-state index in [9.17, 15) is 5.11 Å². The summed E-state index contributed by atoms with van der Waals surface area (Å²) in [6.07, 6.45) is 1.87. The molecule has 0 fully saturated rings. The van der Waals surface area contributed by atoms with Crippen molar-refractivity contribution >= 4 is 0 Å². The van der Waals surface area contributed by atoms with E-state index in [0.717, 1.165) is 24.9 Å². The van der Waals surface area contributed by atoms with E-state index >= 15 is 0 Å². The van der Waals surface area contributed by atoms with Gasteiger partial charge in [0.25, 0.3) is 0 Å². The summed E-state index contributed by atoms with van der Waals surface area (Å²) < 4.78 is 0. The molecule has 0 saturated carbocycles. The molecule has 0 heterocycles. The molecular weight excluding hydrogens is 234 g/mol. The molecule has 0 amide bonds. The van der Waals surface area contributed by atoms with Gasteiger partial charge in [-0.3, -0.25) is 0 Å². The zero-order valence-corrected chi connectivity index (χ0v) is 12.7. The molecule has 1 aromatic rings. The highest BCUT2D eigenvalue weighted by Gasteiger charge is 2.40. The Morgan fingerprint density at radius 2 is 1.79 bits per heavy atom. The quantitative estimate of drug-likeness (QED) is 0.872. The van der Waals surface area contributed by atoms with Crippen molar-refractivity contribution in [1.82, 2.24) is 5.32 Å². The van der Waals surface area contributed by atoms with Crippen molar-refractivity contribution in [2.75, 3.05) is 13.1 Å². The van der Waals surface area contributed by atoms with Crippen LogP contribution in [0.3, 0.4) is 0 Å². The minimum Gasteiger partial charge on any atom is -0.384 e. The van der Waals surface area contributed by atoms with Crippen molar-refractivity contribution in [3.05, 3.63) is 35.4 Å². The number of aliphatic hydroxyl groups is 1. The van der Waals surface area contributed by atoms with Gasteiger partial charge in [0.2, 0.25) is 0 Å². The van der Waals surface area contributed by atoms with Crippen molar-refractivity contribution in [1.29, 1.82) is 0 Å². The average molecular weight is 261 g/mol. The van der Waals surface area contributed by atoms with Gasteiger partial charge in [-0.2, -0.15) is 0 Å². The number of benzene rings is 1. The Labute approximate surface area is 117 Å². The molecule has 0 spiro atoms. The summed E-state index contributed by atoms with van der Waals surface area (Å²) in [6.45, 7) is 10.5. The first-order chi connectivity index (χ1) is 8.85. The fourth-order valence-electron chi connectivity index (χ4n) is 3.02. The smallest absolute Gasteiger partial charge is 0.102 e. The van der Waals surface area contributed by atoms with Crippen molar-refractivity contribution in [3.63, 3.8) is 0 Å². The summed E-state index contributed by atoms with van der Waals surface area (Å²) in [7, 11) is 0. The second kappa shape index (κ2) is 5.26. The lowest BCUT2D eigenvalue weighted by atomic mass is 9.67. The predicted octanol–water partition coefficient (Wildman–Crippen LogP) is 3.19. The number of rotatable bonds is 4. The van der Waals surface area contributed by atoms with Gasteiger partial charge in [0.05, 0.1) is 0 Å². The first-order valence-electron chi connectivity index (χ1n) is 7.38. The van der Waals surface area contributed by atoms with E-state index in [4.69, 9.17) is 0 Å². The SMILES string of the molecule is CC(C)CNCC1(O)CCC(C)(C)c2ccccc21. The Morgan fingerprint density at radius 1 is 1.16 bits per heavy atom. The number of hydrogen-bond acceptors (Lipinski definition) is 2. The monoisotopic (exact) mass is 261 g/mol. The average Bonchev–Trinajstić information content (AvgIpc) is 2.35. The first-order valence-corrected chi connectivity index (χ1v) is 7.38. The van der Waals surface area contributed by atoms with Crippen molar-refractivity contribution in [2.24, 2.45) is 5.92 Å². The highest BCUT2D eigenvalue weighted by molar-refractivity contribution is 5.40. The lowest BCUT2D eigenvalue weighted by Gasteiger charge is -2.42. The third-order valence-corrected chi connectivity index (χ3v) is 4.29. The molecule has 2 heteroatoms. The van der Waals surface area contributed by atoms with Crippen LogP contribution in [0.15, 0.2) is 24.3 Å². The van der Waals surface area contributed by atoms with E-state index in [1.54, 1.807) is 0 Å². The Balaban J connectivity index is 2.23. The van der Waals surface area contributed by atoms with Crippen LogP contribution in [0.1, 0.15) is 51.7 Å². The number of hydrogen-bond donors (Lipinski definition) is 2. The standard InChI is InChI=1S/C17H27NO/c1-13(2)11-18-12-17(19)10-9-16(3,4)14-7-5-6-8-15(14)17/h5-8,13,18-19H,9-12H2,1-4H3. The molecule has 0 saturated heterocycles. The van der Waals surface area contributed by atoms with E-state index in [-0.39, 0.29) is 5.41 Å². The van der Waals surface area contributed by atoms with Gasteiger partial charge < -0.3 is 10.4 Å². The van der Waals surface area contributed by atoms with Crippen LogP contribution in [0.5, 0.6) is 0 Å². The van der Waals surface area contributed by atoms with Crippen LogP contribution in [0.2, 0.25) is 0 Å². The zero-order chi connectivity index (χ0) is 14.1. The summed E-state index contributed by atoms with van der Waals surface area (Å²) >= 11 is 0. The maximum atomic E-state index is 11.0. The molecule has 2 rings (SSSR count). The Bertz CT molecular complexity index is 439. The van der Waals surface area contributed by atoms with Crippen molar-refractivity contribution in [3.8, 4) is 0 Å². The van der Waals surface area contributed by atoms with Gasteiger partial charge in [-0.25, -0.2) is 0 Å². The van der Waals surface area contributed by atoms with Crippen LogP contribution in [-0.4, -0.2) is 18.2 Å². The van der Waals surface area contributed by atoms with Gasteiger partial charge in [-0.1, -0.05) is 52.0 Å². The van der Waals surface area contributed by atoms with E-state index in [0.29, 0.717) is 12.5 Å². The number of nitrogens with one attached hydrogen (secondary N) is 1. The molecule has 0 aliphatic heterocycles. The van der Waals surface area contributed by atoms with Crippen LogP contribution >= 0.6 is 0 Å². The molecule has 0 aromatic heterocycles. The predicted molar refractivity (Wildman–Crippen MR) is 80.3 cm³/mol. The third kappa shape index (κ3) is 3.01. The van der Waals surface area contributed by atoms with E-state index < -0.39 is 5.60 Å². The van der Waals surface area contributed by atoms with Crippen LogP contribution < -0.4 is 5.32 Å². The largest absolute Gasteiger partial charge is 0.384 e. The maximum absolute atomic E-state index is 11.0. The highest BCUT2D eigenvalue weighted by Crippen LogP contribution is 2.44. The molecule has 1 unspecified atom stereocenters. The molecular formula is C17H27NO. The van der Waals surface area contributed by atoms with Gasteiger partial charge in [0, 0.05) is 6.54 Å². The molecule has 19 heavy (non-hydrogen) atoms. The second-order valence-electron chi connectivity index (χ2n) is 6.99. The molecule has 1 aromatic carbocycles. The van der Waals surface area contributed by atoms with E-state index in [1.807, 2.05) is 6.07 Å². The fourth-order valence-corrected chi connectivity index (χ4v) is 3.02. The van der Waals surface area contributed by atoms with Gasteiger partial charge in [0.15, 0.2) is 0 Å². The summed E-state index contributed by atoms with van der Waals surface area (Å²) in [6, 6.07) is 8.37. The molecule has 2 N–H and O–H groups in total. The normalized spacial score (nSPS) is 25.4. The van der Waals surface area contributed by atoms with Crippen LogP contribution in [-0.2, 0) is 11.0 Å². The minimum atomic E-state index is -0.707. The van der Waals surface area contributed by atoms with Gasteiger partial charge in [0.1, 0.15) is 5.60 Å². The zero-order valence-electron chi connectivity index (χ0n) is 12.7. The Kier molecular flexibility index (Phi) is 4.03. The van der Waals surface area contributed by atoms with E-state index in [1.165, 1.54) is 5.56 Å². The first kappa shape index (κ1) is 14.5. The molecule has 0 radical (unpaired) electrons. The van der Waals surface area contributed by atoms with Crippen LogP contribution in [0.25, 0.3) is 0 Å². The van der Waals surface area contributed by atoms with Gasteiger partial charge in [-0.05, 0) is 41.8 Å². The topological polar surface area (TPSA) is 32.3 Å². The minimum absolute atomic E-state index is 0.168. The molecule has 1 aliphatic carbocycles. The van der Waals surface area contributed by atoms with E-state index in [2.05, 4.69) is 51.2 Å². The highest BCUT2D eigenvalue weighted by atomic mass is 16.3. The lowest BCUT2D eigenvalue weighted by molar-refractivity contribution is 0.00897. The summed E-state index contributed by atoms with van der Waals surface area (Å²) in [4.78, 5) is 0. The van der Waals surface area contributed by atoms with Crippen molar-refractivity contribution < 1.29 is 5.11 Å². The Morgan fingerprint density at radius 3 is 2.42 bits per heavy atom. The molecule has 106 valence electrons.